The van der Waals surface area contributed by atoms with Gasteiger partial charge in [0.15, 0.2) is 0 Å². The van der Waals surface area contributed by atoms with E-state index >= 15 is 0 Å². The zero-order valence-corrected chi connectivity index (χ0v) is 22.3. The van der Waals surface area contributed by atoms with Crippen LogP contribution in [0.4, 0.5) is 5.69 Å². The summed E-state index contributed by atoms with van der Waals surface area (Å²) in [6.45, 7) is 17.6. The van der Waals surface area contributed by atoms with E-state index in [1.807, 2.05) is 36.3 Å². The number of rotatable bonds is 4. The van der Waals surface area contributed by atoms with Crippen molar-refractivity contribution in [2.24, 2.45) is 11.8 Å². The van der Waals surface area contributed by atoms with Gasteiger partial charge in [0, 0.05) is 31.7 Å². The normalized spacial score (nSPS) is 18.9. The molecular weight excluding hydrogens is 418 g/mol. The van der Waals surface area contributed by atoms with Gasteiger partial charge in [0.05, 0.1) is 22.7 Å². The van der Waals surface area contributed by atoms with Crippen molar-refractivity contribution in [3.8, 4) is 0 Å². The Hall–Kier alpha value is -1.94. The molecule has 2 heterocycles. The minimum absolute atomic E-state index is 0.134. The van der Waals surface area contributed by atoms with Gasteiger partial charge in [-0.2, -0.15) is 0 Å². The number of hydrogen-bond acceptors (Lipinski definition) is 2. The van der Waals surface area contributed by atoms with Crippen LogP contribution in [-0.2, 0) is 0 Å². The fraction of sp³-hybridized carbons (Fsp3) is 0.593. The molecule has 178 valence electrons. The van der Waals surface area contributed by atoms with Crippen molar-refractivity contribution >= 4 is 23.2 Å². The number of benzene rings is 1. The molecule has 0 saturated heterocycles. The Labute approximate surface area is 200 Å². The van der Waals surface area contributed by atoms with E-state index in [1.165, 1.54) is 11.3 Å². The summed E-state index contributed by atoms with van der Waals surface area (Å²) in [5.74, 6) is 2.06. The lowest BCUT2D eigenvalue weighted by molar-refractivity contribution is 0.0646. The predicted octanol–water partition coefficient (Wildman–Crippen LogP) is 7.17. The molecule has 0 spiro atoms. The summed E-state index contributed by atoms with van der Waals surface area (Å²) in [7, 11) is 4.06. The van der Waals surface area contributed by atoms with E-state index in [2.05, 4.69) is 78.4 Å². The molecule has 1 aromatic heterocycles. The van der Waals surface area contributed by atoms with Crippen LogP contribution in [0.3, 0.4) is 0 Å². The summed E-state index contributed by atoms with van der Waals surface area (Å²) in [5, 5.41) is 0.869. The second-order valence-electron chi connectivity index (χ2n) is 10.3. The summed E-state index contributed by atoms with van der Waals surface area (Å²) in [4.78, 5) is 20.2. The Morgan fingerprint density at radius 1 is 0.844 bits per heavy atom. The maximum atomic E-state index is 12.8. The first kappa shape index (κ1) is 26.3. The zero-order valence-electron chi connectivity index (χ0n) is 21.5. The number of likely N-dealkylation sites (N-methyl/N-ethyl adjacent to an activating group) is 2. The van der Waals surface area contributed by atoms with Gasteiger partial charge in [0.1, 0.15) is 0 Å². The zero-order chi connectivity index (χ0) is 24.3. The molecule has 2 atom stereocenters. The van der Waals surface area contributed by atoms with Gasteiger partial charge in [-0.05, 0) is 41.4 Å². The molecule has 1 N–H and O–H groups in total. The first-order valence-corrected chi connectivity index (χ1v) is 12.2. The van der Waals surface area contributed by atoms with Crippen LogP contribution < -0.4 is 4.90 Å². The standard InChI is InChI=1S/C17H26N2O.C10H16ClN/c1-11(2)15-16(12(3)4)19(6)17(20)13-9-7-8-10-14(13)18(15)5;1-6(2)9-8(11)5-12-10(9)7(3)4/h7-12,15-16H,1-6H3;5-7,12H,1-4H3. The molecule has 5 heteroatoms. The average molecular weight is 460 g/mol. The Morgan fingerprint density at radius 2 is 1.38 bits per heavy atom. The van der Waals surface area contributed by atoms with E-state index in [4.69, 9.17) is 11.6 Å². The smallest absolute Gasteiger partial charge is 0.256 e. The van der Waals surface area contributed by atoms with Gasteiger partial charge in [-0.25, -0.2) is 0 Å². The van der Waals surface area contributed by atoms with Gasteiger partial charge in [-0.15, -0.1) is 0 Å². The number of halogens is 1. The number of amides is 1. The highest BCUT2D eigenvalue weighted by Gasteiger charge is 2.39. The van der Waals surface area contributed by atoms with E-state index in [0.717, 1.165) is 16.3 Å². The van der Waals surface area contributed by atoms with Gasteiger partial charge in [0.25, 0.3) is 5.91 Å². The second kappa shape index (κ2) is 10.8. The van der Waals surface area contributed by atoms with Crippen molar-refractivity contribution in [3.63, 3.8) is 0 Å². The van der Waals surface area contributed by atoms with Crippen molar-refractivity contribution in [1.29, 1.82) is 0 Å². The highest BCUT2D eigenvalue weighted by Crippen LogP contribution is 2.34. The molecule has 3 rings (SSSR count). The molecule has 32 heavy (non-hydrogen) atoms. The van der Waals surface area contributed by atoms with Crippen molar-refractivity contribution in [2.45, 2.75) is 79.3 Å². The molecule has 2 aromatic rings. The summed E-state index contributed by atoms with van der Waals surface area (Å²) in [5.41, 5.74) is 4.40. The number of hydrogen-bond donors (Lipinski definition) is 1. The fourth-order valence-corrected chi connectivity index (χ4v) is 5.45. The van der Waals surface area contributed by atoms with Gasteiger partial charge >= 0.3 is 0 Å². The number of H-pyrrole nitrogens is 1. The molecule has 0 bridgehead atoms. The molecule has 1 amide bonds. The van der Waals surface area contributed by atoms with E-state index in [1.54, 1.807) is 0 Å². The summed E-state index contributed by atoms with van der Waals surface area (Å²) in [6.07, 6.45) is 1.88. The van der Waals surface area contributed by atoms with Gasteiger partial charge in [-0.3, -0.25) is 4.79 Å². The third kappa shape index (κ3) is 5.33. The van der Waals surface area contributed by atoms with Crippen LogP contribution in [0.1, 0.15) is 88.8 Å². The topological polar surface area (TPSA) is 39.3 Å². The van der Waals surface area contributed by atoms with Crippen molar-refractivity contribution in [3.05, 3.63) is 52.3 Å². The molecule has 4 nitrogen and oxygen atoms in total. The summed E-state index contributed by atoms with van der Waals surface area (Å²) >= 11 is 6.05. The Balaban J connectivity index is 0.000000258. The Morgan fingerprint density at radius 3 is 1.84 bits per heavy atom. The number of aromatic amines is 1. The number of anilines is 1. The van der Waals surface area contributed by atoms with E-state index in [-0.39, 0.29) is 11.9 Å². The molecule has 1 aliphatic heterocycles. The van der Waals surface area contributed by atoms with Gasteiger partial charge < -0.3 is 14.8 Å². The molecule has 0 fully saturated rings. The number of nitrogens with one attached hydrogen (secondary N) is 1. The number of carbonyl (C=O) groups is 1. The number of fused-ring (bicyclic) bond motifs is 1. The number of para-hydroxylation sites is 1. The maximum absolute atomic E-state index is 12.8. The van der Waals surface area contributed by atoms with Crippen LogP contribution in [0.5, 0.6) is 0 Å². The lowest BCUT2D eigenvalue weighted by atomic mass is 9.87. The van der Waals surface area contributed by atoms with Crippen LogP contribution in [-0.4, -0.2) is 42.0 Å². The van der Waals surface area contributed by atoms with Crippen molar-refractivity contribution < 1.29 is 4.79 Å². The van der Waals surface area contributed by atoms with Gasteiger partial charge in [-0.1, -0.05) is 79.1 Å². The Kier molecular flexibility index (Phi) is 8.87. The van der Waals surface area contributed by atoms with Crippen LogP contribution in [0.25, 0.3) is 0 Å². The molecule has 2 unspecified atom stereocenters. The quantitative estimate of drug-likeness (QED) is 0.526. The maximum Gasteiger partial charge on any atom is 0.256 e. The van der Waals surface area contributed by atoms with Crippen LogP contribution in [0.15, 0.2) is 30.5 Å². The predicted molar refractivity (Wildman–Crippen MR) is 138 cm³/mol. The Bertz CT molecular complexity index is 900. The third-order valence-electron chi connectivity index (χ3n) is 6.50. The molecule has 0 saturated carbocycles. The highest BCUT2D eigenvalue weighted by molar-refractivity contribution is 6.31. The van der Waals surface area contributed by atoms with Crippen molar-refractivity contribution in [1.82, 2.24) is 9.88 Å². The van der Waals surface area contributed by atoms with E-state index in [0.29, 0.717) is 29.7 Å². The highest BCUT2D eigenvalue weighted by atomic mass is 35.5. The molecule has 0 radical (unpaired) electrons. The molecular formula is C27H42ClN3O. The molecule has 0 aliphatic carbocycles. The van der Waals surface area contributed by atoms with E-state index in [9.17, 15) is 4.79 Å². The van der Waals surface area contributed by atoms with Crippen LogP contribution in [0, 0.1) is 11.8 Å². The van der Waals surface area contributed by atoms with Crippen LogP contribution >= 0.6 is 11.6 Å². The largest absolute Gasteiger partial charge is 0.369 e. The SMILES string of the molecule is CC(C)C1C(C(C)C)N(C)c2ccccc2C(=O)N1C.CC(C)c1[nH]cc(Cl)c1C(C)C. The number of aromatic nitrogens is 1. The second-order valence-corrected chi connectivity index (χ2v) is 10.7. The molecule has 1 aliphatic rings. The first-order chi connectivity index (χ1) is 14.9. The minimum atomic E-state index is 0.134. The van der Waals surface area contributed by atoms with E-state index < -0.39 is 0 Å². The lowest BCUT2D eigenvalue weighted by Gasteiger charge is -2.42. The molecule has 1 aromatic carbocycles. The minimum Gasteiger partial charge on any atom is -0.369 e. The lowest BCUT2D eigenvalue weighted by Crippen LogP contribution is -2.54. The summed E-state index contributed by atoms with van der Waals surface area (Å²) < 4.78 is 0. The van der Waals surface area contributed by atoms with Crippen molar-refractivity contribution in [2.75, 3.05) is 19.0 Å². The first-order valence-electron chi connectivity index (χ1n) is 11.9. The average Bonchev–Trinajstić information content (AvgIpc) is 3.09. The summed E-state index contributed by atoms with van der Waals surface area (Å²) in [6, 6.07) is 8.49. The fourth-order valence-electron chi connectivity index (χ4n) is 5.08. The van der Waals surface area contributed by atoms with Crippen LogP contribution in [0.2, 0.25) is 5.02 Å². The third-order valence-corrected chi connectivity index (χ3v) is 6.81. The van der Waals surface area contributed by atoms with Gasteiger partial charge in [0.2, 0.25) is 0 Å². The monoisotopic (exact) mass is 459 g/mol. The number of nitrogens with zero attached hydrogens (tertiary/aromatic N) is 2. The number of carbonyl (C=O) groups excluding carboxylic acids is 1.